The number of carbonyl (C=O) groups is 2. The van der Waals surface area contributed by atoms with E-state index in [1.807, 2.05) is 4.90 Å². The van der Waals surface area contributed by atoms with Crippen molar-refractivity contribution in [1.82, 2.24) is 14.7 Å². The summed E-state index contributed by atoms with van der Waals surface area (Å²) in [7, 11) is 0. The van der Waals surface area contributed by atoms with Gasteiger partial charge in [-0.3, -0.25) is 9.69 Å². The highest BCUT2D eigenvalue weighted by Crippen LogP contribution is 2.21. The smallest absolute Gasteiger partial charge is 0.321 e. The van der Waals surface area contributed by atoms with Gasteiger partial charge in [0.15, 0.2) is 0 Å². The standard InChI is InChI=1S/C23H35ClN4O3/c1-16(2)21(28-14-17(3)31-18(4)15-28)22(29)26-10-5-11-27(13-12-26)23(30)25-20-8-6-19(24)7-9-20/h6-9,16-18,21H,5,10-15H2,1-4H3,(H,25,30)/t17-,18+,21-/m0/s1. The molecule has 0 aliphatic carbocycles. The molecule has 2 heterocycles. The van der Waals surface area contributed by atoms with Crippen molar-refractivity contribution >= 4 is 29.2 Å². The van der Waals surface area contributed by atoms with Gasteiger partial charge in [0, 0.05) is 50.0 Å². The largest absolute Gasteiger partial charge is 0.373 e. The van der Waals surface area contributed by atoms with Crippen molar-refractivity contribution in [2.45, 2.75) is 52.4 Å². The molecule has 2 fully saturated rings. The van der Waals surface area contributed by atoms with Crippen LogP contribution in [-0.2, 0) is 9.53 Å². The Morgan fingerprint density at radius 1 is 1.00 bits per heavy atom. The van der Waals surface area contributed by atoms with Crippen LogP contribution >= 0.6 is 11.6 Å². The van der Waals surface area contributed by atoms with E-state index in [2.05, 4.69) is 37.9 Å². The molecule has 0 aromatic heterocycles. The highest BCUT2D eigenvalue weighted by molar-refractivity contribution is 6.30. The minimum atomic E-state index is -0.164. The summed E-state index contributed by atoms with van der Waals surface area (Å²) in [6.45, 7) is 12.2. The highest BCUT2D eigenvalue weighted by Gasteiger charge is 2.37. The lowest BCUT2D eigenvalue weighted by Gasteiger charge is -2.42. The van der Waals surface area contributed by atoms with E-state index < -0.39 is 0 Å². The number of hydrogen-bond donors (Lipinski definition) is 1. The monoisotopic (exact) mass is 450 g/mol. The van der Waals surface area contributed by atoms with Gasteiger partial charge in [0.05, 0.1) is 18.2 Å². The molecule has 3 rings (SSSR count). The number of anilines is 1. The van der Waals surface area contributed by atoms with Crippen molar-refractivity contribution in [3.8, 4) is 0 Å². The van der Waals surface area contributed by atoms with Crippen LogP contribution in [0.3, 0.4) is 0 Å². The molecule has 7 nitrogen and oxygen atoms in total. The number of nitrogens with one attached hydrogen (secondary N) is 1. The molecule has 2 aliphatic heterocycles. The molecule has 0 saturated carbocycles. The van der Waals surface area contributed by atoms with Gasteiger partial charge in [0.2, 0.25) is 5.91 Å². The normalized spacial score (nSPS) is 24.1. The van der Waals surface area contributed by atoms with E-state index in [1.54, 1.807) is 29.2 Å². The third-order valence-corrected chi connectivity index (χ3v) is 6.17. The number of carbonyl (C=O) groups excluding carboxylic acids is 2. The Morgan fingerprint density at radius 2 is 1.58 bits per heavy atom. The summed E-state index contributed by atoms with van der Waals surface area (Å²) in [4.78, 5) is 32.2. The molecule has 3 amide bonds. The molecule has 0 spiro atoms. The molecule has 31 heavy (non-hydrogen) atoms. The lowest BCUT2D eigenvalue weighted by molar-refractivity contribution is -0.145. The van der Waals surface area contributed by atoms with Crippen molar-refractivity contribution in [2.24, 2.45) is 5.92 Å². The van der Waals surface area contributed by atoms with Crippen LogP contribution in [-0.4, -0.2) is 84.2 Å². The van der Waals surface area contributed by atoms with E-state index in [1.165, 1.54) is 0 Å². The van der Waals surface area contributed by atoms with Gasteiger partial charge < -0.3 is 19.9 Å². The summed E-state index contributed by atoms with van der Waals surface area (Å²) in [5, 5.41) is 3.55. The number of halogens is 1. The maximum Gasteiger partial charge on any atom is 0.321 e. The summed E-state index contributed by atoms with van der Waals surface area (Å²) in [6, 6.07) is 6.76. The fraction of sp³-hybridized carbons (Fsp3) is 0.652. The van der Waals surface area contributed by atoms with E-state index in [-0.39, 0.29) is 36.1 Å². The van der Waals surface area contributed by atoms with Crippen molar-refractivity contribution in [3.05, 3.63) is 29.3 Å². The predicted molar refractivity (Wildman–Crippen MR) is 123 cm³/mol. The topological polar surface area (TPSA) is 65.1 Å². The average Bonchev–Trinajstić information content (AvgIpc) is 2.95. The van der Waals surface area contributed by atoms with Gasteiger partial charge in [-0.15, -0.1) is 0 Å². The molecule has 8 heteroatoms. The molecule has 2 aliphatic rings. The first-order chi connectivity index (χ1) is 14.7. The van der Waals surface area contributed by atoms with Gasteiger partial charge in [-0.1, -0.05) is 25.4 Å². The van der Waals surface area contributed by atoms with E-state index in [0.29, 0.717) is 36.9 Å². The molecular weight excluding hydrogens is 416 g/mol. The second-order valence-corrected chi connectivity index (χ2v) is 9.44. The fourth-order valence-corrected chi connectivity index (χ4v) is 4.70. The van der Waals surface area contributed by atoms with E-state index >= 15 is 0 Å². The van der Waals surface area contributed by atoms with Gasteiger partial charge in [0.1, 0.15) is 0 Å². The van der Waals surface area contributed by atoms with Crippen molar-refractivity contribution in [3.63, 3.8) is 0 Å². The maximum atomic E-state index is 13.5. The van der Waals surface area contributed by atoms with Crippen LogP contribution in [0.1, 0.15) is 34.1 Å². The summed E-state index contributed by atoms with van der Waals surface area (Å²) in [5.74, 6) is 0.369. The number of benzene rings is 1. The Bertz CT molecular complexity index is 748. The summed E-state index contributed by atoms with van der Waals surface area (Å²) < 4.78 is 5.86. The summed E-state index contributed by atoms with van der Waals surface area (Å²) in [6.07, 6.45) is 1.00. The first-order valence-corrected chi connectivity index (χ1v) is 11.6. The van der Waals surface area contributed by atoms with Crippen molar-refractivity contribution in [2.75, 3.05) is 44.6 Å². The van der Waals surface area contributed by atoms with E-state index in [4.69, 9.17) is 16.3 Å². The van der Waals surface area contributed by atoms with Crippen LogP contribution in [0.4, 0.5) is 10.5 Å². The number of ether oxygens (including phenoxy) is 1. The lowest BCUT2D eigenvalue weighted by Crippen LogP contribution is -2.58. The zero-order chi connectivity index (χ0) is 22.5. The Balaban J connectivity index is 1.61. The zero-order valence-electron chi connectivity index (χ0n) is 19.0. The maximum absolute atomic E-state index is 13.5. The SMILES string of the molecule is CC(C)[C@@H](C(=O)N1CCCN(C(=O)Nc2ccc(Cl)cc2)CC1)N1C[C@@H](C)O[C@@H](C)C1. The molecule has 0 unspecified atom stereocenters. The fourth-order valence-electron chi connectivity index (χ4n) is 4.57. The van der Waals surface area contributed by atoms with Crippen LogP contribution in [0.15, 0.2) is 24.3 Å². The van der Waals surface area contributed by atoms with Crippen LogP contribution in [0.5, 0.6) is 0 Å². The Labute approximate surface area is 190 Å². The highest BCUT2D eigenvalue weighted by atomic mass is 35.5. The average molecular weight is 451 g/mol. The number of urea groups is 1. The van der Waals surface area contributed by atoms with Gasteiger partial charge >= 0.3 is 6.03 Å². The molecule has 172 valence electrons. The van der Waals surface area contributed by atoms with Gasteiger partial charge in [0.25, 0.3) is 0 Å². The van der Waals surface area contributed by atoms with Crippen LogP contribution in [0.2, 0.25) is 5.02 Å². The number of nitrogens with zero attached hydrogens (tertiary/aromatic N) is 3. The predicted octanol–water partition coefficient (Wildman–Crippen LogP) is 3.54. The Kier molecular flexibility index (Phi) is 8.19. The molecule has 1 aromatic rings. The molecule has 1 N–H and O–H groups in total. The molecule has 0 radical (unpaired) electrons. The van der Waals surface area contributed by atoms with E-state index in [0.717, 1.165) is 19.5 Å². The summed E-state index contributed by atoms with van der Waals surface area (Å²) >= 11 is 5.91. The molecule has 2 saturated heterocycles. The molecule has 0 bridgehead atoms. The van der Waals surface area contributed by atoms with Crippen molar-refractivity contribution < 1.29 is 14.3 Å². The second-order valence-electron chi connectivity index (χ2n) is 9.00. The third kappa shape index (κ3) is 6.34. The van der Waals surface area contributed by atoms with Crippen LogP contribution in [0, 0.1) is 5.92 Å². The van der Waals surface area contributed by atoms with Gasteiger partial charge in [-0.25, -0.2) is 4.79 Å². The van der Waals surface area contributed by atoms with Crippen LogP contribution < -0.4 is 5.32 Å². The first kappa shape index (κ1) is 23.8. The molecule has 3 atom stereocenters. The number of morpholine rings is 1. The van der Waals surface area contributed by atoms with E-state index in [9.17, 15) is 9.59 Å². The summed E-state index contributed by atoms with van der Waals surface area (Å²) in [5.41, 5.74) is 0.710. The minimum Gasteiger partial charge on any atom is -0.373 e. The second kappa shape index (κ2) is 10.7. The van der Waals surface area contributed by atoms with Gasteiger partial charge in [-0.05, 0) is 50.5 Å². The van der Waals surface area contributed by atoms with Crippen LogP contribution in [0.25, 0.3) is 0 Å². The lowest BCUT2D eigenvalue weighted by atomic mass is 9.99. The zero-order valence-corrected chi connectivity index (χ0v) is 19.8. The van der Waals surface area contributed by atoms with Gasteiger partial charge in [-0.2, -0.15) is 0 Å². The first-order valence-electron chi connectivity index (χ1n) is 11.2. The quantitative estimate of drug-likeness (QED) is 0.762. The Morgan fingerprint density at radius 3 is 2.19 bits per heavy atom. The molecular formula is C23H35ClN4O3. The number of amides is 3. The molecule has 1 aromatic carbocycles. The van der Waals surface area contributed by atoms with Crippen molar-refractivity contribution in [1.29, 1.82) is 0 Å². The number of hydrogen-bond acceptors (Lipinski definition) is 4. The number of rotatable bonds is 4. The Hall–Kier alpha value is -1.83. The minimum absolute atomic E-state index is 0.119. The third-order valence-electron chi connectivity index (χ3n) is 5.92.